The van der Waals surface area contributed by atoms with Gasteiger partial charge in [-0.2, -0.15) is 5.26 Å². The van der Waals surface area contributed by atoms with Crippen molar-refractivity contribution in [2.75, 3.05) is 20.8 Å². The van der Waals surface area contributed by atoms with Crippen LogP contribution in [-0.4, -0.2) is 26.8 Å². The van der Waals surface area contributed by atoms with Crippen LogP contribution in [0.1, 0.15) is 25.3 Å². The summed E-state index contributed by atoms with van der Waals surface area (Å²) in [5.41, 5.74) is 6.84. The van der Waals surface area contributed by atoms with Crippen molar-refractivity contribution >= 4 is 5.97 Å². The molecule has 1 aromatic carbocycles. The molecule has 0 unspecified atom stereocenters. The predicted molar refractivity (Wildman–Crippen MR) is 89.5 cm³/mol. The summed E-state index contributed by atoms with van der Waals surface area (Å²) in [7, 11) is 3.04. The standard InChI is InChI=1S/C18H20N2O5/c1-5-24-18(21)15-10(2)25-17(20)14(9-19)16(15)11-6-12(22-3)8-13(7-11)23-4/h6-8,16H,5,20H2,1-4H3/t16-/m1/s1. The largest absolute Gasteiger partial charge is 0.497 e. The average molecular weight is 344 g/mol. The molecule has 0 aromatic heterocycles. The Morgan fingerprint density at radius 1 is 1.28 bits per heavy atom. The molecule has 1 aliphatic heterocycles. The third kappa shape index (κ3) is 3.53. The van der Waals surface area contributed by atoms with E-state index in [0.29, 0.717) is 22.8 Å². The van der Waals surface area contributed by atoms with Gasteiger partial charge in [0.05, 0.1) is 32.3 Å². The first-order chi connectivity index (χ1) is 12.0. The Kier molecular flexibility index (Phi) is 5.55. The first-order valence-corrected chi connectivity index (χ1v) is 7.65. The van der Waals surface area contributed by atoms with Gasteiger partial charge in [-0.3, -0.25) is 0 Å². The molecule has 0 fully saturated rings. The number of carbonyl (C=O) groups excluding carboxylic acids is 1. The third-order valence-corrected chi connectivity index (χ3v) is 3.81. The van der Waals surface area contributed by atoms with E-state index in [1.54, 1.807) is 32.0 Å². The van der Waals surface area contributed by atoms with Crippen molar-refractivity contribution < 1.29 is 23.7 Å². The van der Waals surface area contributed by atoms with Gasteiger partial charge < -0.3 is 24.7 Å². The van der Waals surface area contributed by atoms with Crippen molar-refractivity contribution in [2.45, 2.75) is 19.8 Å². The summed E-state index contributed by atoms with van der Waals surface area (Å²) in [6, 6.07) is 7.16. The Morgan fingerprint density at radius 2 is 1.88 bits per heavy atom. The molecule has 1 aromatic rings. The summed E-state index contributed by atoms with van der Waals surface area (Å²) in [6.07, 6.45) is 0. The number of nitriles is 1. The summed E-state index contributed by atoms with van der Waals surface area (Å²) in [5.74, 6) is 0.00513. The SMILES string of the molecule is CCOC(=O)C1=C(C)OC(N)=C(C#N)[C@H]1c1cc(OC)cc(OC)c1. The van der Waals surface area contributed by atoms with Crippen LogP contribution < -0.4 is 15.2 Å². The molecular formula is C18H20N2O5. The second-order valence-electron chi connectivity index (χ2n) is 5.26. The van der Waals surface area contributed by atoms with Crippen molar-refractivity contribution in [1.29, 1.82) is 5.26 Å². The fourth-order valence-corrected chi connectivity index (χ4v) is 2.68. The van der Waals surface area contributed by atoms with Crippen molar-refractivity contribution in [3.8, 4) is 17.6 Å². The summed E-state index contributed by atoms with van der Waals surface area (Å²) < 4.78 is 21.1. The number of carbonyl (C=O) groups is 1. The highest BCUT2D eigenvalue weighted by atomic mass is 16.5. The first-order valence-electron chi connectivity index (χ1n) is 7.65. The minimum Gasteiger partial charge on any atom is -0.497 e. The van der Waals surface area contributed by atoms with Crippen LogP contribution in [0.15, 0.2) is 41.0 Å². The predicted octanol–water partition coefficient (Wildman–Crippen LogP) is 2.35. The van der Waals surface area contributed by atoms with Gasteiger partial charge in [0, 0.05) is 6.07 Å². The van der Waals surface area contributed by atoms with E-state index in [2.05, 4.69) is 0 Å². The number of nitrogens with two attached hydrogens (primary N) is 1. The fraction of sp³-hybridized carbons (Fsp3) is 0.333. The number of benzene rings is 1. The highest BCUT2D eigenvalue weighted by Gasteiger charge is 2.36. The quantitative estimate of drug-likeness (QED) is 0.818. The maximum absolute atomic E-state index is 12.5. The lowest BCUT2D eigenvalue weighted by molar-refractivity contribution is -0.139. The lowest BCUT2D eigenvalue weighted by atomic mass is 9.83. The molecule has 0 amide bonds. The number of ether oxygens (including phenoxy) is 4. The highest BCUT2D eigenvalue weighted by Crippen LogP contribution is 2.41. The van der Waals surface area contributed by atoms with Crippen LogP contribution >= 0.6 is 0 Å². The zero-order chi connectivity index (χ0) is 18.6. The smallest absolute Gasteiger partial charge is 0.338 e. The Labute approximate surface area is 146 Å². The number of rotatable bonds is 5. The summed E-state index contributed by atoms with van der Waals surface area (Å²) in [4.78, 5) is 12.5. The Hall–Kier alpha value is -3.14. The van der Waals surface area contributed by atoms with Crippen LogP contribution in [0, 0.1) is 11.3 Å². The third-order valence-electron chi connectivity index (χ3n) is 3.81. The second-order valence-corrected chi connectivity index (χ2v) is 5.26. The second kappa shape index (κ2) is 7.62. The van der Waals surface area contributed by atoms with E-state index < -0.39 is 11.9 Å². The molecule has 1 heterocycles. The summed E-state index contributed by atoms with van der Waals surface area (Å²) in [5, 5.41) is 9.56. The molecule has 1 aliphatic rings. The van der Waals surface area contributed by atoms with Gasteiger partial charge in [-0.05, 0) is 31.5 Å². The topological polar surface area (TPSA) is 104 Å². The van der Waals surface area contributed by atoms with E-state index in [1.807, 2.05) is 6.07 Å². The van der Waals surface area contributed by atoms with E-state index in [4.69, 9.17) is 24.7 Å². The van der Waals surface area contributed by atoms with E-state index in [0.717, 1.165) is 0 Å². The molecule has 7 heteroatoms. The monoisotopic (exact) mass is 344 g/mol. The zero-order valence-corrected chi connectivity index (χ0v) is 14.6. The molecular weight excluding hydrogens is 324 g/mol. The number of esters is 1. The van der Waals surface area contributed by atoms with Crippen molar-refractivity contribution in [3.63, 3.8) is 0 Å². The maximum Gasteiger partial charge on any atom is 0.338 e. The van der Waals surface area contributed by atoms with Gasteiger partial charge in [0.2, 0.25) is 5.88 Å². The molecule has 25 heavy (non-hydrogen) atoms. The van der Waals surface area contributed by atoms with Crippen LogP contribution in [0.25, 0.3) is 0 Å². The van der Waals surface area contributed by atoms with Gasteiger partial charge in [-0.25, -0.2) is 4.79 Å². The average Bonchev–Trinajstić information content (AvgIpc) is 2.60. The Bertz CT molecular complexity index is 767. The molecule has 0 saturated carbocycles. The lowest BCUT2D eigenvalue weighted by Crippen LogP contribution is -2.25. The highest BCUT2D eigenvalue weighted by molar-refractivity contribution is 5.92. The van der Waals surface area contributed by atoms with Crippen molar-refractivity contribution in [2.24, 2.45) is 5.73 Å². The van der Waals surface area contributed by atoms with Crippen LogP contribution in [0.4, 0.5) is 0 Å². The van der Waals surface area contributed by atoms with Gasteiger partial charge in [-0.1, -0.05) is 0 Å². The minimum absolute atomic E-state index is 0.0418. The fourth-order valence-electron chi connectivity index (χ4n) is 2.68. The van der Waals surface area contributed by atoms with Gasteiger partial charge in [0.25, 0.3) is 0 Å². The number of methoxy groups -OCH3 is 2. The zero-order valence-electron chi connectivity index (χ0n) is 14.6. The molecule has 1 atom stereocenters. The van der Waals surface area contributed by atoms with Crippen LogP contribution in [0.5, 0.6) is 11.5 Å². The van der Waals surface area contributed by atoms with Crippen LogP contribution in [0.3, 0.4) is 0 Å². The molecule has 0 saturated heterocycles. The Balaban J connectivity index is 2.68. The molecule has 132 valence electrons. The lowest BCUT2D eigenvalue weighted by Gasteiger charge is -2.27. The molecule has 0 aliphatic carbocycles. The molecule has 7 nitrogen and oxygen atoms in total. The summed E-state index contributed by atoms with van der Waals surface area (Å²) in [6.45, 7) is 3.51. The van der Waals surface area contributed by atoms with E-state index in [-0.39, 0.29) is 23.6 Å². The normalized spacial score (nSPS) is 16.8. The van der Waals surface area contributed by atoms with E-state index >= 15 is 0 Å². The molecule has 0 spiro atoms. The number of hydrogen-bond donors (Lipinski definition) is 1. The molecule has 2 N–H and O–H groups in total. The van der Waals surface area contributed by atoms with Gasteiger partial charge in [0.1, 0.15) is 28.9 Å². The van der Waals surface area contributed by atoms with Crippen LogP contribution in [0.2, 0.25) is 0 Å². The van der Waals surface area contributed by atoms with Gasteiger partial charge in [-0.15, -0.1) is 0 Å². The number of allylic oxidation sites excluding steroid dienone is 2. The minimum atomic E-state index is -0.734. The van der Waals surface area contributed by atoms with Gasteiger partial charge >= 0.3 is 5.97 Å². The number of nitrogens with zero attached hydrogens (tertiary/aromatic N) is 1. The molecule has 0 radical (unpaired) electrons. The first kappa shape index (κ1) is 18.2. The summed E-state index contributed by atoms with van der Waals surface area (Å²) >= 11 is 0. The molecule has 0 bridgehead atoms. The maximum atomic E-state index is 12.5. The Morgan fingerprint density at radius 3 is 2.36 bits per heavy atom. The van der Waals surface area contributed by atoms with Gasteiger partial charge in [0.15, 0.2) is 0 Å². The van der Waals surface area contributed by atoms with Crippen LogP contribution in [-0.2, 0) is 14.3 Å². The number of hydrogen-bond acceptors (Lipinski definition) is 7. The van der Waals surface area contributed by atoms with E-state index in [9.17, 15) is 10.1 Å². The van der Waals surface area contributed by atoms with Crippen molar-refractivity contribution in [3.05, 3.63) is 46.6 Å². The van der Waals surface area contributed by atoms with Crippen molar-refractivity contribution in [1.82, 2.24) is 0 Å². The van der Waals surface area contributed by atoms with E-state index in [1.165, 1.54) is 14.2 Å². The molecule has 2 rings (SSSR count).